The number of imide groups is 1. The van der Waals surface area contributed by atoms with E-state index in [2.05, 4.69) is 63.8 Å². The van der Waals surface area contributed by atoms with Crippen molar-refractivity contribution in [3.05, 3.63) is 125 Å². The van der Waals surface area contributed by atoms with Gasteiger partial charge in [0.1, 0.15) is 6.04 Å². The average Bonchev–Trinajstić information content (AvgIpc) is 3.85. The molecule has 64 heavy (non-hydrogen) atoms. The van der Waals surface area contributed by atoms with Gasteiger partial charge in [-0.3, -0.25) is 24.5 Å². The van der Waals surface area contributed by atoms with Crippen LogP contribution in [0.15, 0.2) is 103 Å². The minimum Gasteiger partial charge on any atom is -0.374 e. The van der Waals surface area contributed by atoms with Crippen molar-refractivity contribution in [3.8, 4) is 0 Å². The number of para-hydroxylation sites is 1. The molecule has 4 atom stereocenters. The van der Waals surface area contributed by atoms with E-state index in [4.69, 9.17) is 11.6 Å². The van der Waals surface area contributed by atoms with Crippen molar-refractivity contribution < 1.29 is 23.6 Å². The van der Waals surface area contributed by atoms with E-state index < -0.39 is 5.82 Å². The highest BCUT2D eigenvalue weighted by Gasteiger charge is 2.42. The second-order valence-corrected chi connectivity index (χ2v) is 17.6. The van der Waals surface area contributed by atoms with Gasteiger partial charge in [-0.15, -0.1) is 0 Å². The highest BCUT2D eigenvalue weighted by Crippen LogP contribution is 2.39. The lowest BCUT2D eigenvalue weighted by atomic mass is 9.95. The van der Waals surface area contributed by atoms with Crippen molar-refractivity contribution in [2.45, 2.75) is 50.6 Å². The average molecular weight is 885 g/mol. The summed E-state index contributed by atoms with van der Waals surface area (Å²) in [7, 11) is 0. The van der Waals surface area contributed by atoms with Crippen LogP contribution < -0.4 is 36.8 Å². The van der Waals surface area contributed by atoms with Crippen molar-refractivity contribution in [3.63, 3.8) is 0 Å². The molecule has 4 fully saturated rings. The fourth-order valence-electron chi connectivity index (χ4n) is 9.42. The molecule has 4 heterocycles. The van der Waals surface area contributed by atoms with Crippen molar-refractivity contribution in [2.75, 3.05) is 58.9 Å². The lowest BCUT2D eigenvalue weighted by molar-refractivity contribution is -0.133. The number of halogens is 2. The predicted octanol–water partition coefficient (Wildman–Crippen LogP) is 7.58. The van der Waals surface area contributed by atoms with Crippen molar-refractivity contribution >= 4 is 75.4 Å². The summed E-state index contributed by atoms with van der Waals surface area (Å²) in [6.45, 7) is 5.32. The first-order valence-corrected chi connectivity index (χ1v) is 22.3. The number of anilines is 7. The highest BCUT2D eigenvalue weighted by molar-refractivity contribution is 6.33. The Morgan fingerprint density at radius 1 is 0.781 bits per heavy atom. The number of piperidine rings is 2. The van der Waals surface area contributed by atoms with E-state index in [9.17, 15) is 23.6 Å². The summed E-state index contributed by atoms with van der Waals surface area (Å²) >= 11 is 6.16. The zero-order valence-electron chi connectivity index (χ0n) is 35.2. The molecule has 4 aromatic carbocycles. The Morgan fingerprint density at radius 3 is 2.09 bits per heavy atom. The van der Waals surface area contributed by atoms with Gasteiger partial charge >= 0.3 is 0 Å². The maximum Gasteiger partial charge on any atom is 0.255 e. The molecule has 1 saturated carbocycles. The number of nitrogens with zero attached hydrogens (tertiary/aromatic N) is 4. The lowest BCUT2D eigenvalue weighted by Crippen LogP contribution is -2.47. The number of hydrogen-bond acceptors (Lipinski definition) is 11. The van der Waals surface area contributed by atoms with Crippen LogP contribution in [-0.2, 0) is 9.59 Å². The molecule has 6 N–H and O–H groups in total. The molecule has 16 heteroatoms. The summed E-state index contributed by atoms with van der Waals surface area (Å²) in [5.41, 5.74) is 4.69. The number of hydrogen-bond donors (Lipinski definition) is 6. The van der Waals surface area contributed by atoms with Crippen LogP contribution >= 0.6 is 11.6 Å². The third-order valence-electron chi connectivity index (χ3n) is 12.8. The van der Waals surface area contributed by atoms with Gasteiger partial charge in [0, 0.05) is 79.1 Å². The fraction of sp³-hybridized carbons (Fsp3) is 0.333. The summed E-state index contributed by atoms with van der Waals surface area (Å²) in [5.74, 6) is 0.401. The van der Waals surface area contributed by atoms with Crippen LogP contribution in [0.5, 0.6) is 0 Å². The van der Waals surface area contributed by atoms with Crippen LogP contribution in [0.4, 0.5) is 44.6 Å². The maximum atomic E-state index is 14.8. The monoisotopic (exact) mass is 884 g/mol. The molecule has 1 aliphatic carbocycles. The molecule has 4 amide bonds. The fourth-order valence-corrected chi connectivity index (χ4v) is 9.60. The molecular formula is C48H50ClFN10O4. The smallest absolute Gasteiger partial charge is 0.255 e. The SMILES string of the molecule is O=C1CCC(Nc2ccc(N3CCC(CN4C[C@H]5CC(NC(=O)c6ccc(Nc7ncc(F)c(Nc8ccc(C(=O)Nc9ccccc9Cl)cc8)n7)cc6)C[C@H]5C4)CC3)cc2)C(=O)N1. The summed E-state index contributed by atoms with van der Waals surface area (Å²) in [6.07, 6.45) is 6.20. The van der Waals surface area contributed by atoms with Gasteiger partial charge in [-0.05, 0) is 135 Å². The van der Waals surface area contributed by atoms with Gasteiger partial charge in [0.2, 0.25) is 17.8 Å². The van der Waals surface area contributed by atoms with Crippen LogP contribution in [0.3, 0.4) is 0 Å². The minimum atomic E-state index is -0.650. The summed E-state index contributed by atoms with van der Waals surface area (Å²) in [6, 6.07) is 28.5. The number of amides is 4. The largest absolute Gasteiger partial charge is 0.374 e. The lowest BCUT2D eigenvalue weighted by Gasteiger charge is -2.35. The van der Waals surface area contributed by atoms with E-state index in [1.807, 2.05) is 12.1 Å². The Kier molecular flexibility index (Phi) is 12.7. The summed E-state index contributed by atoms with van der Waals surface area (Å²) < 4.78 is 14.8. The molecule has 9 rings (SSSR count). The number of fused-ring (bicyclic) bond motifs is 1. The molecule has 330 valence electrons. The van der Waals surface area contributed by atoms with E-state index in [0.717, 1.165) is 70.3 Å². The second kappa shape index (κ2) is 19.0. The molecule has 14 nitrogen and oxygen atoms in total. The second-order valence-electron chi connectivity index (χ2n) is 17.2. The number of carbonyl (C=O) groups is 4. The third kappa shape index (κ3) is 10.3. The first-order valence-electron chi connectivity index (χ1n) is 21.9. The molecule has 1 aromatic heterocycles. The van der Waals surface area contributed by atoms with Gasteiger partial charge in [-0.25, -0.2) is 9.37 Å². The van der Waals surface area contributed by atoms with E-state index in [1.165, 1.54) is 5.69 Å². The van der Waals surface area contributed by atoms with Crippen LogP contribution in [-0.4, -0.2) is 83.3 Å². The Hall–Kier alpha value is -6.58. The Bertz CT molecular complexity index is 2490. The van der Waals surface area contributed by atoms with Crippen LogP contribution in [0.25, 0.3) is 0 Å². The first kappa shape index (κ1) is 42.7. The van der Waals surface area contributed by atoms with Gasteiger partial charge in [0.25, 0.3) is 11.8 Å². The number of aromatic nitrogens is 2. The van der Waals surface area contributed by atoms with E-state index >= 15 is 0 Å². The number of carbonyl (C=O) groups excluding carboxylic acids is 4. The van der Waals surface area contributed by atoms with Crippen LogP contribution in [0, 0.1) is 23.6 Å². The van der Waals surface area contributed by atoms with Crippen molar-refractivity contribution in [1.82, 2.24) is 25.5 Å². The number of benzene rings is 4. The molecule has 0 spiro atoms. The molecule has 4 aliphatic rings. The number of nitrogens with one attached hydrogen (secondary N) is 6. The quantitative estimate of drug-likeness (QED) is 0.0644. The third-order valence-corrected chi connectivity index (χ3v) is 13.1. The van der Waals surface area contributed by atoms with Gasteiger partial charge in [-0.1, -0.05) is 23.7 Å². The van der Waals surface area contributed by atoms with E-state index in [0.29, 0.717) is 63.8 Å². The highest BCUT2D eigenvalue weighted by atomic mass is 35.5. The topological polar surface area (TPSA) is 173 Å². The van der Waals surface area contributed by atoms with Crippen LogP contribution in [0.2, 0.25) is 5.02 Å². The van der Waals surface area contributed by atoms with E-state index in [1.54, 1.807) is 72.8 Å². The maximum absolute atomic E-state index is 14.8. The molecule has 2 unspecified atom stereocenters. The zero-order chi connectivity index (χ0) is 44.2. The predicted molar refractivity (Wildman–Crippen MR) is 246 cm³/mol. The van der Waals surface area contributed by atoms with Crippen molar-refractivity contribution in [2.24, 2.45) is 17.8 Å². The van der Waals surface area contributed by atoms with Gasteiger partial charge in [0.05, 0.1) is 16.9 Å². The molecule has 5 aromatic rings. The normalized spacial score (nSPS) is 21.2. The van der Waals surface area contributed by atoms with Gasteiger partial charge in [-0.2, -0.15) is 4.98 Å². The molecule has 3 aliphatic heterocycles. The van der Waals surface area contributed by atoms with Crippen LogP contribution in [0.1, 0.15) is 59.2 Å². The van der Waals surface area contributed by atoms with Gasteiger partial charge < -0.3 is 36.4 Å². The first-order chi connectivity index (χ1) is 31.1. The standard InChI is InChI=1S/C48H50ClFN10O4/c49-39-3-1-2-4-41(39)56-46(63)31-5-9-35(10-6-31)53-44-40(50)25-51-48(58-44)55-36-11-7-30(8-12-36)45(62)54-37-23-32-27-59(28-33(32)24-37)26-29-19-21-60(22-20-29)38-15-13-34(14-16-38)52-42-17-18-43(61)57-47(42)64/h1-16,25,29,32-33,37,42,52H,17-24,26-28H2,(H,54,62)(H,56,63)(H,57,61,64)(H2,51,53,55,58)/t32-,33+,37?,42?. The van der Waals surface area contributed by atoms with Gasteiger partial charge in [0.15, 0.2) is 11.6 Å². The zero-order valence-corrected chi connectivity index (χ0v) is 35.9. The molecule has 0 radical (unpaired) electrons. The molecule has 3 saturated heterocycles. The van der Waals surface area contributed by atoms with Crippen molar-refractivity contribution in [1.29, 1.82) is 0 Å². The number of rotatable bonds is 13. The Morgan fingerprint density at radius 2 is 1.42 bits per heavy atom. The summed E-state index contributed by atoms with van der Waals surface area (Å²) in [4.78, 5) is 63.1. The molecule has 0 bridgehead atoms. The minimum absolute atomic E-state index is 0.0457. The Labute approximate surface area is 375 Å². The van der Waals surface area contributed by atoms with E-state index in [-0.39, 0.29) is 47.5 Å². The number of likely N-dealkylation sites (tertiary alicyclic amines) is 1. The summed E-state index contributed by atoms with van der Waals surface area (Å²) in [5, 5.41) is 18.2. The molecular weight excluding hydrogens is 835 g/mol. The Balaban J connectivity index is 0.692.